The van der Waals surface area contributed by atoms with E-state index in [1.54, 1.807) is 13.4 Å². The van der Waals surface area contributed by atoms with Gasteiger partial charge < -0.3 is 19.0 Å². The predicted octanol–water partition coefficient (Wildman–Crippen LogP) is 2.70. The zero-order valence-corrected chi connectivity index (χ0v) is 14.3. The van der Waals surface area contributed by atoms with Crippen molar-refractivity contribution in [2.24, 2.45) is 0 Å². The van der Waals surface area contributed by atoms with Crippen LogP contribution in [0.2, 0.25) is 0 Å². The summed E-state index contributed by atoms with van der Waals surface area (Å²) in [6.07, 6.45) is 2.04. The van der Waals surface area contributed by atoms with Crippen molar-refractivity contribution in [3.63, 3.8) is 0 Å². The van der Waals surface area contributed by atoms with Crippen LogP contribution in [0.1, 0.15) is 17.7 Å². The van der Waals surface area contributed by atoms with Gasteiger partial charge in [0.15, 0.2) is 0 Å². The normalized spacial score (nSPS) is 12.6. The first-order valence-electron chi connectivity index (χ1n) is 8.31. The maximum Gasteiger partial charge on any atom is 0.117 e. The van der Waals surface area contributed by atoms with E-state index in [1.807, 2.05) is 42.5 Å². The average Bonchev–Trinajstić information content (AvgIpc) is 3.09. The molecule has 24 heavy (non-hydrogen) atoms. The maximum atomic E-state index is 10.3. The quantitative estimate of drug-likeness (QED) is 0.605. The minimum Gasteiger partial charge on any atom is -0.468 e. The summed E-state index contributed by atoms with van der Waals surface area (Å²) in [7, 11) is 1.70. The SMILES string of the molecule is COCCCN(Cc1ccco1)CC(O)COCc1ccccc1. The van der Waals surface area contributed by atoms with E-state index in [4.69, 9.17) is 13.9 Å². The van der Waals surface area contributed by atoms with Crippen LogP contribution in [0.5, 0.6) is 0 Å². The second kappa shape index (κ2) is 11.0. The highest BCUT2D eigenvalue weighted by molar-refractivity contribution is 5.13. The minimum absolute atomic E-state index is 0.313. The maximum absolute atomic E-state index is 10.3. The minimum atomic E-state index is -0.536. The predicted molar refractivity (Wildman–Crippen MR) is 92.6 cm³/mol. The van der Waals surface area contributed by atoms with Gasteiger partial charge in [-0.2, -0.15) is 0 Å². The summed E-state index contributed by atoms with van der Waals surface area (Å²) in [6.45, 7) is 3.58. The average molecular weight is 333 g/mol. The molecular formula is C19H27NO4. The number of furan rings is 1. The molecule has 0 saturated heterocycles. The number of ether oxygens (including phenoxy) is 2. The molecule has 5 nitrogen and oxygen atoms in total. The first-order valence-corrected chi connectivity index (χ1v) is 8.31. The number of hydrogen-bond donors (Lipinski definition) is 1. The van der Waals surface area contributed by atoms with Gasteiger partial charge in [0.1, 0.15) is 5.76 Å². The molecule has 2 aromatic rings. The van der Waals surface area contributed by atoms with Crippen LogP contribution in [0.15, 0.2) is 53.1 Å². The molecule has 0 aliphatic heterocycles. The third kappa shape index (κ3) is 7.27. The number of methoxy groups -OCH3 is 1. The molecule has 0 fully saturated rings. The van der Waals surface area contributed by atoms with Crippen molar-refractivity contribution in [1.29, 1.82) is 0 Å². The van der Waals surface area contributed by atoms with E-state index in [-0.39, 0.29) is 0 Å². The fraction of sp³-hybridized carbons (Fsp3) is 0.474. The molecule has 0 radical (unpaired) electrons. The molecule has 1 aromatic carbocycles. The number of benzene rings is 1. The van der Waals surface area contributed by atoms with Crippen LogP contribution in [0.3, 0.4) is 0 Å². The lowest BCUT2D eigenvalue weighted by Crippen LogP contribution is -2.35. The molecular weight excluding hydrogens is 306 g/mol. The number of hydrogen-bond acceptors (Lipinski definition) is 5. The summed E-state index contributed by atoms with van der Waals surface area (Å²) in [6, 6.07) is 13.8. The Morgan fingerprint density at radius 1 is 1.17 bits per heavy atom. The number of aliphatic hydroxyl groups excluding tert-OH is 1. The summed E-state index contributed by atoms with van der Waals surface area (Å²) < 4.78 is 16.1. The van der Waals surface area contributed by atoms with Crippen LogP contribution in [0, 0.1) is 0 Å². The monoisotopic (exact) mass is 333 g/mol. The van der Waals surface area contributed by atoms with Crippen molar-refractivity contribution in [3.8, 4) is 0 Å². The van der Waals surface area contributed by atoms with E-state index >= 15 is 0 Å². The highest BCUT2D eigenvalue weighted by Gasteiger charge is 2.13. The van der Waals surface area contributed by atoms with Crippen LogP contribution in [0.25, 0.3) is 0 Å². The molecule has 0 aliphatic rings. The number of nitrogens with zero attached hydrogens (tertiary/aromatic N) is 1. The lowest BCUT2D eigenvalue weighted by atomic mass is 10.2. The van der Waals surface area contributed by atoms with Gasteiger partial charge in [0.2, 0.25) is 0 Å². The Morgan fingerprint density at radius 2 is 2.00 bits per heavy atom. The standard InChI is InChI=1S/C19H27NO4/c1-22-11-6-10-20(14-19-9-5-12-24-19)13-18(21)16-23-15-17-7-3-2-4-8-17/h2-5,7-9,12,18,21H,6,10-11,13-16H2,1H3. The molecule has 0 amide bonds. The first kappa shape index (κ1) is 18.7. The fourth-order valence-corrected chi connectivity index (χ4v) is 2.53. The third-order valence-electron chi connectivity index (χ3n) is 3.67. The fourth-order valence-electron chi connectivity index (χ4n) is 2.53. The van der Waals surface area contributed by atoms with E-state index in [0.717, 1.165) is 24.3 Å². The largest absolute Gasteiger partial charge is 0.468 e. The van der Waals surface area contributed by atoms with Crippen molar-refractivity contribution < 1.29 is 19.0 Å². The Morgan fingerprint density at radius 3 is 2.71 bits per heavy atom. The molecule has 1 unspecified atom stereocenters. The van der Waals surface area contributed by atoms with Crippen molar-refractivity contribution in [3.05, 3.63) is 60.1 Å². The summed E-state index contributed by atoms with van der Waals surface area (Å²) in [5, 5.41) is 10.3. The van der Waals surface area contributed by atoms with Gasteiger partial charge in [-0.1, -0.05) is 30.3 Å². The second-order valence-electron chi connectivity index (χ2n) is 5.82. The highest BCUT2D eigenvalue weighted by Crippen LogP contribution is 2.08. The van der Waals surface area contributed by atoms with Gasteiger partial charge >= 0.3 is 0 Å². The molecule has 2 rings (SSSR count). The summed E-state index contributed by atoms with van der Waals surface area (Å²) in [5.41, 5.74) is 1.11. The third-order valence-corrected chi connectivity index (χ3v) is 3.67. The topological polar surface area (TPSA) is 55.1 Å². The van der Waals surface area contributed by atoms with Gasteiger partial charge in [-0.15, -0.1) is 0 Å². The van der Waals surface area contributed by atoms with E-state index in [0.29, 0.717) is 32.9 Å². The Hall–Kier alpha value is -1.66. The molecule has 132 valence electrons. The zero-order valence-electron chi connectivity index (χ0n) is 14.3. The lowest BCUT2D eigenvalue weighted by molar-refractivity contribution is 0.00642. The molecule has 5 heteroatoms. The van der Waals surface area contributed by atoms with E-state index in [1.165, 1.54) is 0 Å². The van der Waals surface area contributed by atoms with Crippen molar-refractivity contribution >= 4 is 0 Å². The first-order chi connectivity index (χ1) is 11.8. The van der Waals surface area contributed by atoms with Crippen molar-refractivity contribution in [2.75, 3.05) is 33.4 Å². The Bertz CT molecular complexity index is 530. The lowest BCUT2D eigenvalue weighted by Gasteiger charge is -2.24. The van der Waals surface area contributed by atoms with Crippen LogP contribution in [0.4, 0.5) is 0 Å². The Balaban J connectivity index is 1.74. The molecule has 0 spiro atoms. The van der Waals surface area contributed by atoms with E-state index in [9.17, 15) is 5.11 Å². The van der Waals surface area contributed by atoms with E-state index < -0.39 is 6.10 Å². The molecule has 0 aliphatic carbocycles. The van der Waals surface area contributed by atoms with Gasteiger partial charge in [0.05, 0.1) is 32.1 Å². The second-order valence-corrected chi connectivity index (χ2v) is 5.82. The summed E-state index contributed by atoms with van der Waals surface area (Å²) in [4.78, 5) is 2.16. The zero-order chi connectivity index (χ0) is 17.0. The summed E-state index contributed by atoms with van der Waals surface area (Å²) in [5.74, 6) is 0.893. The van der Waals surface area contributed by atoms with Gasteiger partial charge in [-0.05, 0) is 24.1 Å². The van der Waals surface area contributed by atoms with Crippen LogP contribution < -0.4 is 0 Å². The number of rotatable bonds is 12. The van der Waals surface area contributed by atoms with Crippen molar-refractivity contribution in [2.45, 2.75) is 25.7 Å². The van der Waals surface area contributed by atoms with Gasteiger partial charge in [0, 0.05) is 26.8 Å². The van der Waals surface area contributed by atoms with Gasteiger partial charge in [-0.3, -0.25) is 4.90 Å². The molecule has 0 saturated carbocycles. The van der Waals surface area contributed by atoms with E-state index in [2.05, 4.69) is 4.90 Å². The molecule has 0 bridgehead atoms. The molecule has 1 aromatic heterocycles. The number of aliphatic hydroxyl groups is 1. The van der Waals surface area contributed by atoms with Gasteiger partial charge in [0.25, 0.3) is 0 Å². The molecule has 1 atom stereocenters. The van der Waals surface area contributed by atoms with Crippen LogP contribution >= 0.6 is 0 Å². The molecule has 1 N–H and O–H groups in total. The van der Waals surface area contributed by atoms with Crippen LogP contribution in [-0.4, -0.2) is 49.5 Å². The molecule has 1 heterocycles. The highest BCUT2D eigenvalue weighted by atomic mass is 16.5. The van der Waals surface area contributed by atoms with Gasteiger partial charge in [-0.25, -0.2) is 0 Å². The summed E-state index contributed by atoms with van der Waals surface area (Å²) >= 11 is 0. The Labute approximate surface area is 143 Å². The Kier molecular flexibility index (Phi) is 8.55. The smallest absolute Gasteiger partial charge is 0.117 e. The van der Waals surface area contributed by atoms with Crippen molar-refractivity contribution in [1.82, 2.24) is 4.90 Å². The van der Waals surface area contributed by atoms with Crippen LogP contribution in [-0.2, 0) is 22.6 Å².